The summed E-state index contributed by atoms with van der Waals surface area (Å²) in [6, 6.07) is 12.1. The van der Waals surface area contributed by atoms with Crippen LogP contribution in [0.4, 0.5) is 5.88 Å². The molecule has 1 aliphatic heterocycles. The Hall–Kier alpha value is -2.91. The molecule has 1 aromatic carbocycles. The fourth-order valence-electron chi connectivity index (χ4n) is 3.37. The summed E-state index contributed by atoms with van der Waals surface area (Å²) < 4.78 is 37.2. The maximum absolute atomic E-state index is 12.7. The molecule has 1 N–H and O–H groups in total. The molecule has 3 heterocycles. The first-order chi connectivity index (χ1) is 14.5. The summed E-state index contributed by atoms with van der Waals surface area (Å²) in [6.07, 6.45) is 3.60. The van der Waals surface area contributed by atoms with E-state index in [4.69, 9.17) is 8.94 Å². The number of anilines is 1. The second kappa shape index (κ2) is 8.45. The molecular formula is C21H23N3O5S. The van der Waals surface area contributed by atoms with Crippen molar-refractivity contribution in [2.24, 2.45) is 0 Å². The molecule has 1 fully saturated rings. The molecule has 0 saturated carbocycles. The van der Waals surface area contributed by atoms with Gasteiger partial charge in [0.25, 0.3) is 15.9 Å². The number of piperidine rings is 1. The lowest BCUT2D eigenvalue weighted by atomic mass is 10.1. The molecule has 1 aliphatic rings. The molecule has 2 aromatic heterocycles. The van der Waals surface area contributed by atoms with Crippen molar-refractivity contribution in [1.82, 2.24) is 9.46 Å². The second-order valence-corrected chi connectivity index (χ2v) is 9.03. The summed E-state index contributed by atoms with van der Waals surface area (Å²) >= 11 is 0. The van der Waals surface area contributed by atoms with Crippen molar-refractivity contribution in [1.29, 1.82) is 0 Å². The number of carbonyl (C=O) groups excluding carboxylic acids is 1. The van der Waals surface area contributed by atoms with Crippen LogP contribution < -0.4 is 5.32 Å². The fraction of sp³-hybridized carbons (Fsp3) is 0.333. The molecule has 0 aliphatic carbocycles. The third kappa shape index (κ3) is 4.17. The second-order valence-electron chi connectivity index (χ2n) is 7.16. The average molecular weight is 429 g/mol. The number of furan rings is 1. The zero-order valence-corrected chi connectivity index (χ0v) is 17.4. The zero-order valence-electron chi connectivity index (χ0n) is 16.6. The van der Waals surface area contributed by atoms with E-state index in [1.54, 1.807) is 6.07 Å². The molecule has 1 amide bonds. The number of rotatable bonds is 6. The predicted octanol–water partition coefficient (Wildman–Crippen LogP) is 3.92. The van der Waals surface area contributed by atoms with E-state index < -0.39 is 15.9 Å². The monoisotopic (exact) mass is 429 g/mol. The highest BCUT2D eigenvalue weighted by molar-refractivity contribution is 7.89. The summed E-state index contributed by atoms with van der Waals surface area (Å²) in [4.78, 5) is 12.5. The number of hydrogen-bond donors (Lipinski definition) is 1. The minimum absolute atomic E-state index is 0.115. The van der Waals surface area contributed by atoms with Crippen LogP contribution in [0.15, 0.2) is 56.5 Å². The lowest BCUT2D eigenvalue weighted by Crippen LogP contribution is -2.35. The quantitative estimate of drug-likeness (QED) is 0.637. The first-order valence-corrected chi connectivity index (χ1v) is 11.4. The van der Waals surface area contributed by atoms with Crippen molar-refractivity contribution in [3.63, 3.8) is 0 Å². The van der Waals surface area contributed by atoms with Gasteiger partial charge in [0.15, 0.2) is 5.76 Å². The first kappa shape index (κ1) is 20.4. The maximum Gasteiger partial charge on any atom is 0.293 e. The number of amides is 1. The van der Waals surface area contributed by atoms with E-state index in [1.807, 2.05) is 24.3 Å². The Morgan fingerprint density at radius 3 is 2.53 bits per heavy atom. The molecule has 3 aromatic rings. The van der Waals surface area contributed by atoms with Gasteiger partial charge in [0, 0.05) is 24.7 Å². The van der Waals surface area contributed by atoms with Crippen molar-refractivity contribution in [2.45, 2.75) is 37.7 Å². The smallest absolute Gasteiger partial charge is 0.293 e. The van der Waals surface area contributed by atoms with Gasteiger partial charge in [-0.25, -0.2) is 8.42 Å². The Bertz CT molecular complexity index is 1130. The van der Waals surface area contributed by atoms with Crippen LogP contribution in [-0.2, 0) is 16.4 Å². The lowest BCUT2D eigenvalue weighted by molar-refractivity contribution is 0.0988. The SMILES string of the molecule is CCc1ccc(-c2cc(NC(=O)c3ccc(S(=O)(=O)N4CCCCC4)o3)on2)cc1. The van der Waals surface area contributed by atoms with Crippen molar-refractivity contribution < 1.29 is 22.2 Å². The van der Waals surface area contributed by atoms with Crippen molar-refractivity contribution in [3.05, 3.63) is 53.8 Å². The molecule has 1 saturated heterocycles. The Labute approximate surface area is 174 Å². The van der Waals surface area contributed by atoms with E-state index in [9.17, 15) is 13.2 Å². The van der Waals surface area contributed by atoms with Crippen LogP contribution >= 0.6 is 0 Å². The molecule has 9 heteroatoms. The Kier molecular flexibility index (Phi) is 5.74. The minimum Gasteiger partial charge on any atom is -0.438 e. The van der Waals surface area contributed by atoms with Crippen LogP contribution in [0.1, 0.15) is 42.3 Å². The fourth-order valence-corrected chi connectivity index (χ4v) is 4.80. The number of nitrogens with zero attached hydrogens (tertiary/aromatic N) is 2. The molecule has 158 valence electrons. The highest BCUT2D eigenvalue weighted by Gasteiger charge is 2.29. The number of sulfonamides is 1. The molecule has 4 rings (SSSR count). The van der Waals surface area contributed by atoms with E-state index in [-0.39, 0.29) is 16.7 Å². The van der Waals surface area contributed by atoms with Crippen LogP contribution in [0.25, 0.3) is 11.3 Å². The van der Waals surface area contributed by atoms with Gasteiger partial charge in [0.2, 0.25) is 11.0 Å². The van der Waals surface area contributed by atoms with Crippen LogP contribution in [0.2, 0.25) is 0 Å². The number of benzene rings is 1. The zero-order chi connectivity index (χ0) is 21.1. The first-order valence-electron chi connectivity index (χ1n) is 9.95. The van der Waals surface area contributed by atoms with Crippen LogP contribution in [0.3, 0.4) is 0 Å². The predicted molar refractivity (Wildman–Crippen MR) is 111 cm³/mol. The number of nitrogens with one attached hydrogen (secondary N) is 1. The van der Waals surface area contributed by atoms with Gasteiger partial charge in [-0.15, -0.1) is 0 Å². The summed E-state index contributed by atoms with van der Waals surface area (Å²) in [5.41, 5.74) is 2.66. The van der Waals surface area contributed by atoms with Gasteiger partial charge in [0.05, 0.1) is 0 Å². The van der Waals surface area contributed by atoms with Gasteiger partial charge in [0.1, 0.15) is 5.69 Å². The highest BCUT2D eigenvalue weighted by atomic mass is 32.2. The van der Waals surface area contributed by atoms with Gasteiger partial charge in [-0.2, -0.15) is 4.31 Å². The molecular weight excluding hydrogens is 406 g/mol. The van der Waals surface area contributed by atoms with Gasteiger partial charge < -0.3 is 8.94 Å². The molecule has 0 unspecified atom stereocenters. The third-order valence-corrected chi connectivity index (χ3v) is 6.89. The van der Waals surface area contributed by atoms with Crippen LogP contribution in [0, 0.1) is 0 Å². The Morgan fingerprint density at radius 1 is 1.10 bits per heavy atom. The normalized spacial score (nSPS) is 15.2. The Morgan fingerprint density at radius 2 is 1.83 bits per heavy atom. The third-order valence-electron chi connectivity index (χ3n) is 5.12. The van der Waals surface area contributed by atoms with Gasteiger partial charge in [-0.05, 0) is 37.0 Å². The highest BCUT2D eigenvalue weighted by Crippen LogP contribution is 2.25. The van der Waals surface area contributed by atoms with Crippen molar-refractivity contribution in [2.75, 3.05) is 18.4 Å². The summed E-state index contributed by atoms with van der Waals surface area (Å²) in [5, 5.41) is 6.28. The van der Waals surface area contributed by atoms with Gasteiger partial charge >= 0.3 is 0 Å². The largest absolute Gasteiger partial charge is 0.438 e. The van der Waals surface area contributed by atoms with Crippen LogP contribution in [-0.4, -0.2) is 36.9 Å². The summed E-state index contributed by atoms with van der Waals surface area (Å²) in [5.74, 6) is -0.582. The standard InChI is InChI=1S/C21H23N3O5S/c1-2-15-6-8-16(9-7-15)17-14-19(29-23-17)22-21(25)18-10-11-20(28-18)30(26,27)24-12-4-3-5-13-24/h6-11,14H,2-5,12-13H2,1H3,(H,22,25). The van der Waals surface area contributed by atoms with Crippen molar-refractivity contribution >= 4 is 21.8 Å². The molecule has 30 heavy (non-hydrogen) atoms. The van der Waals surface area contributed by atoms with E-state index in [2.05, 4.69) is 17.4 Å². The van der Waals surface area contributed by atoms with E-state index in [0.29, 0.717) is 18.8 Å². The number of carbonyl (C=O) groups is 1. The molecule has 0 atom stereocenters. The van der Waals surface area contributed by atoms with Gasteiger partial charge in [-0.3, -0.25) is 10.1 Å². The van der Waals surface area contributed by atoms with Crippen molar-refractivity contribution in [3.8, 4) is 11.3 Å². The maximum atomic E-state index is 12.7. The Balaban J connectivity index is 1.45. The molecule has 8 nitrogen and oxygen atoms in total. The average Bonchev–Trinajstić information content (AvgIpc) is 3.45. The summed E-state index contributed by atoms with van der Waals surface area (Å²) in [6.45, 7) is 3.01. The van der Waals surface area contributed by atoms with E-state index in [1.165, 1.54) is 22.0 Å². The molecule has 0 bridgehead atoms. The van der Waals surface area contributed by atoms with Gasteiger partial charge in [-0.1, -0.05) is 42.8 Å². The number of hydrogen-bond acceptors (Lipinski definition) is 6. The van der Waals surface area contributed by atoms with E-state index in [0.717, 1.165) is 31.2 Å². The summed E-state index contributed by atoms with van der Waals surface area (Å²) in [7, 11) is -3.73. The molecule has 0 spiro atoms. The minimum atomic E-state index is -3.73. The topological polar surface area (TPSA) is 106 Å². The number of aryl methyl sites for hydroxylation is 1. The lowest BCUT2D eigenvalue weighted by Gasteiger charge is -2.24. The van der Waals surface area contributed by atoms with E-state index >= 15 is 0 Å². The van der Waals surface area contributed by atoms with Crippen LogP contribution in [0.5, 0.6) is 0 Å². The molecule has 0 radical (unpaired) electrons. The number of aromatic nitrogens is 1.